The molecule has 114 valence electrons. The summed E-state index contributed by atoms with van der Waals surface area (Å²) in [7, 11) is -3.78. The SMILES string of the molecule is CCCCOP(=O)(NC(=O)C(Cl)(Cl)Cl)OCCCC. The summed E-state index contributed by atoms with van der Waals surface area (Å²) in [6, 6.07) is 0. The summed E-state index contributed by atoms with van der Waals surface area (Å²) in [6.07, 6.45) is 3.08. The molecule has 0 unspecified atom stereocenters. The smallest absolute Gasteiger partial charge is 0.292 e. The third-order valence-electron chi connectivity index (χ3n) is 2.01. The van der Waals surface area contributed by atoms with Gasteiger partial charge in [-0.05, 0) is 12.8 Å². The van der Waals surface area contributed by atoms with Crippen molar-refractivity contribution in [3.05, 3.63) is 0 Å². The molecule has 0 saturated carbocycles. The number of halogens is 3. The molecular weight excluding hydrogens is 335 g/mol. The van der Waals surface area contributed by atoms with Gasteiger partial charge in [0.05, 0.1) is 13.2 Å². The molecule has 0 heterocycles. The zero-order valence-corrected chi connectivity index (χ0v) is 14.1. The Morgan fingerprint density at radius 1 is 1.11 bits per heavy atom. The topological polar surface area (TPSA) is 64.6 Å². The lowest BCUT2D eigenvalue weighted by atomic mass is 10.4. The minimum Gasteiger partial charge on any atom is -0.292 e. The van der Waals surface area contributed by atoms with Crippen LogP contribution in [0.3, 0.4) is 0 Å². The fourth-order valence-electron chi connectivity index (χ4n) is 0.948. The van der Waals surface area contributed by atoms with Crippen LogP contribution in [0.2, 0.25) is 0 Å². The van der Waals surface area contributed by atoms with E-state index in [0.717, 1.165) is 12.8 Å². The zero-order valence-electron chi connectivity index (χ0n) is 11.0. The van der Waals surface area contributed by atoms with Gasteiger partial charge in [-0.15, -0.1) is 0 Å². The van der Waals surface area contributed by atoms with Crippen molar-refractivity contribution >= 4 is 48.5 Å². The molecule has 0 aromatic rings. The van der Waals surface area contributed by atoms with Crippen molar-refractivity contribution in [3.8, 4) is 0 Å². The number of carbonyl (C=O) groups excluding carboxylic acids is 1. The van der Waals surface area contributed by atoms with Gasteiger partial charge in [0.1, 0.15) is 0 Å². The summed E-state index contributed by atoms with van der Waals surface area (Å²) in [4.78, 5) is 11.5. The normalized spacial score (nSPS) is 12.5. The lowest BCUT2D eigenvalue weighted by Crippen LogP contribution is -2.33. The molecule has 0 spiro atoms. The Hall–Kier alpha value is 0.490. The molecule has 0 radical (unpaired) electrons. The molecular formula is C10H19Cl3NO4P. The van der Waals surface area contributed by atoms with Crippen LogP contribution in [0.25, 0.3) is 0 Å². The van der Waals surface area contributed by atoms with Gasteiger partial charge in [-0.25, -0.2) is 4.57 Å². The van der Waals surface area contributed by atoms with E-state index < -0.39 is 17.4 Å². The number of carbonyl (C=O) groups is 1. The van der Waals surface area contributed by atoms with E-state index in [9.17, 15) is 9.36 Å². The van der Waals surface area contributed by atoms with Gasteiger partial charge in [0.2, 0.25) is 0 Å². The predicted molar refractivity (Wildman–Crippen MR) is 77.8 cm³/mol. The van der Waals surface area contributed by atoms with Gasteiger partial charge in [0.25, 0.3) is 9.70 Å². The molecule has 0 aromatic heterocycles. The molecule has 0 atom stereocenters. The number of hydrogen-bond donors (Lipinski definition) is 1. The number of nitrogens with one attached hydrogen (secondary N) is 1. The van der Waals surface area contributed by atoms with E-state index in [0.29, 0.717) is 12.8 Å². The summed E-state index contributed by atoms with van der Waals surface area (Å²) < 4.78 is 20.3. The van der Waals surface area contributed by atoms with Crippen LogP contribution in [0.4, 0.5) is 0 Å². The second-order valence-electron chi connectivity index (χ2n) is 3.81. The van der Waals surface area contributed by atoms with Gasteiger partial charge in [0.15, 0.2) is 0 Å². The molecule has 19 heavy (non-hydrogen) atoms. The van der Waals surface area contributed by atoms with Crippen LogP contribution >= 0.6 is 42.5 Å². The molecule has 0 aliphatic rings. The van der Waals surface area contributed by atoms with Gasteiger partial charge in [0, 0.05) is 0 Å². The van der Waals surface area contributed by atoms with Gasteiger partial charge < -0.3 is 0 Å². The van der Waals surface area contributed by atoms with Gasteiger partial charge >= 0.3 is 7.75 Å². The van der Waals surface area contributed by atoms with Crippen molar-refractivity contribution in [1.29, 1.82) is 0 Å². The van der Waals surface area contributed by atoms with Crippen LogP contribution in [-0.4, -0.2) is 22.9 Å². The third-order valence-corrected chi connectivity index (χ3v) is 4.05. The average Bonchev–Trinajstić information content (AvgIpc) is 2.28. The third kappa shape index (κ3) is 9.11. The van der Waals surface area contributed by atoms with Crippen LogP contribution in [0.5, 0.6) is 0 Å². The number of amides is 1. The molecule has 0 bridgehead atoms. The maximum Gasteiger partial charge on any atom is 0.435 e. The Bertz CT molecular complexity index is 308. The highest BCUT2D eigenvalue weighted by atomic mass is 35.6. The van der Waals surface area contributed by atoms with Crippen molar-refractivity contribution in [1.82, 2.24) is 5.09 Å². The van der Waals surface area contributed by atoms with E-state index in [-0.39, 0.29) is 13.2 Å². The van der Waals surface area contributed by atoms with E-state index in [2.05, 4.69) is 0 Å². The Morgan fingerprint density at radius 3 is 1.84 bits per heavy atom. The molecule has 1 amide bonds. The molecule has 0 aliphatic heterocycles. The van der Waals surface area contributed by atoms with E-state index in [1.54, 1.807) is 0 Å². The molecule has 0 rings (SSSR count). The molecule has 0 saturated heterocycles. The molecule has 1 N–H and O–H groups in total. The maximum absolute atomic E-state index is 12.3. The number of rotatable bonds is 9. The summed E-state index contributed by atoms with van der Waals surface area (Å²) in [6.45, 7) is 4.29. The minimum atomic E-state index is -3.78. The number of alkyl halides is 3. The second-order valence-corrected chi connectivity index (χ2v) is 7.83. The van der Waals surface area contributed by atoms with E-state index >= 15 is 0 Å². The molecule has 0 aliphatic carbocycles. The average molecular weight is 355 g/mol. The summed E-state index contributed by atoms with van der Waals surface area (Å²) >= 11 is 16.2. The van der Waals surface area contributed by atoms with Crippen molar-refractivity contribution in [2.24, 2.45) is 0 Å². The van der Waals surface area contributed by atoms with Crippen LogP contribution in [0, 0.1) is 0 Å². The van der Waals surface area contributed by atoms with Gasteiger partial charge in [-0.2, -0.15) is 0 Å². The monoisotopic (exact) mass is 353 g/mol. The quantitative estimate of drug-likeness (QED) is 0.382. The van der Waals surface area contributed by atoms with Gasteiger partial charge in [-0.1, -0.05) is 61.5 Å². The minimum absolute atomic E-state index is 0.194. The molecule has 5 nitrogen and oxygen atoms in total. The van der Waals surface area contributed by atoms with Crippen molar-refractivity contribution in [3.63, 3.8) is 0 Å². The first kappa shape index (κ1) is 19.5. The lowest BCUT2D eigenvalue weighted by Gasteiger charge is -2.21. The maximum atomic E-state index is 12.3. The van der Waals surface area contributed by atoms with Crippen LogP contribution < -0.4 is 5.09 Å². The molecule has 0 aromatic carbocycles. The second kappa shape index (κ2) is 9.43. The Morgan fingerprint density at radius 2 is 1.53 bits per heavy atom. The summed E-state index contributed by atoms with van der Waals surface area (Å²) in [5, 5.41) is 2.03. The number of hydrogen-bond acceptors (Lipinski definition) is 4. The van der Waals surface area contributed by atoms with Crippen molar-refractivity contribution in [2.45, 2.75) is 43.3 Å². The first-order valence-electron chi connectivity index (χ1n) is 6.03. The van der Waals surface area contributed by atoms with Crippen LogP contribution in [-0.2, 0) is 18.4 Å². The van der Waals surface area contributed by atoms with Crippen LogP contribution in [0.15, 0.2) is 0 Å². The van der Waals surface area contributed by atoms with Crippen molar-refractivity contribution in [2.75, 3.05) is 13.2 Å². The first-order chi connectivity index (χ1) is 8.75. The Labute approximate surface area is 128 Å². The van der Waals surface area contributed by atoms with E-state index in [4.69, 9.17) is 43.9 Å². The standard InChI is InChI=1S/C10H19Cl3NO4P/c1-3-5-7-17-19(16,18-8-6-4-2)14-9(15)10(11,12)13/h3-8H2,1-2H3,(H,14,15,16). The Kier molecular flexibility index (Phi) is 9.67. The van der Waals surface area contributed by atoms with Crippen LogP contribution in [0.1, 0.15) is 39.5 Å². The lowest BCUT2D eigenvalue weighted by molar-refractivity contribution is -0.119. The molecule has 9 heteroatoms. The first-order valence-corrected chi connectivity index (χ1v) is 8.71. The fraction of sp³-hybridized carbons (Fsp3) is 0.900. The highest BCUT2D eigenvalue weighted by molar-refractivity contribution is 7.52. The largest absolute Gasteiger partial charge is 0.435 e. The fourth-order valence-corrected chi connectivity index (χ4v) is 2.65. The van der Waals surface area contributed by atoms with E-state index in [1.807, 2.05) is 18.9 Å². The molecule has 0 fully saturated rings. The zero-order chi connectivity index (χ0) is 14.9. The Balaban J connectivity index is 4.56. The van der Waals surface area contributed by atoms with Gasteiger partial charge in [-0.3, -0.25) is 18.9 Å². The van der Waals surface area contributed by atoms with E-state index in [1.165, 1.54) is 0 Å². The summed E-state index contributed by atoms with van der Waals surface area (Å²) in [5.41, 5.74) is 0. The van der Waals surface area contributed by atoms with Crippen molar-refractivity contribution < 1.29 is 18.4 Å². The predicted octanol–water partition coefficient (Wildman–Crippen LogP) is 4.21. The highest BCUT2D eigenvalue weighted by Crippen LogP contribution is 2.45. The highest BCUT2D eigenvalue weighted by Gasteiger charge is 2.37. The number of unbranched alkanes of at least 4 members (excludes halogenated alkanes) is 2. The summed E-state index contributed by atoms with van der Waals surface area (Å²) in [5.74, 6) is -1.03.